The summed E-state index contributed by atoms with van der Waals surface area (Å²) in [5.74, 6) is -0.334. The second-order valence-corrected chi connectivity index (χ2v) is 4.04. The summed E-state index contributed by atoms with van der Waals surface area (Å²) in [6.45, 7) is 2.88. The van der Waals surface area contributed by atoms with Crippen molar-refractivity contribution < 1.29 is 9.53 Å². The number of hydrogen-bond acceptors (Lipinski definition) is 5. The number of ether oxygens (including phenoxy) is 1. The number of carbonyl (C=O) groups is 1. The van der Waals surface area contributed by atoms with Crippen molar-refractivity contribution in [3.05, 3.63) is 16.1 Å². The minimum atomic E-state index is -0.334. The van der Waals surface area contributed by atoms with Crippen molar-refractivity contribution >= 4 is 17.3 Å². The third-order valence-electron chi connectivity index (χ3n) is 1.88. The summed E-state index contributed by atoms with van der Waals surface area (Å²) in [7, 11) is 0. The van der Waals surface area contributed by atoms with Crippen molar-refractivity contribution in [3.8, 4) is 0 Å². The van der Waals surface area contributed by atoms with Crippen LogP contribution in [0.5, 0.6) is 0 Å². The average molecular weight is 228 g/mol. The van der Waals surface area contributed by atoms with Crippen molar-refractivity contribution in [2.24, 2.45) is 5.73 Å². The van der Waals surface area contributed by atoms with E-state index in [0.717, 1.165) is 24.3 Å². The van der Waals surface area contributed by atoms with Gasteiger partial charge in [-0.2, -0.15) is 0 Å². The first kappa shape index (κ1) is 12.1. The second kappa shape index (κ2) is 6.53. The molecule has 0 unspecified atom stereocenters. The molecular weight excluding hydrogens is 212 g/mol. The van der Waals surface area contributed by atoms with E-state index in [2.05, 4.69) is 4.98 Å². The van der Waals surface area contributed by atoms with E-state index in [-0.39, 0.29) is 5.97 Å². The zero-order valence-corrected chi connectivity index (χ0v) is 9.68. The molecule has 1 aromatic heterocycles. The molecule has 15 heavy (non-hydrogen) atoms. The first-order valence-electron chi connectivity index (χ1n) is 5.09. The highest BCUT2D eigenvalue weighted by molar-refractivity contribution is 7.09. The fourth-order valence-corrected chi connectivity index (χ4v) is 1.95. The molecule has 4 nitrogen and oxygen atoms in total. The SMILES string of the molecule is CCOC(=O)c1csc(CCCCN)n1. The number of thiazole rings is 1. The minimum Gasteiger partial charge on any atom is -0.461 e. The lowest BCUT2D eigenvalue weighted by Crippen LogP contribution is -2.05. The normalized spacial score (nSPS) is 10.3. The molecule has 84 valence electrons. The molecule has 1 heterocycles. The zero-order chi connectivity index (χ0) is 11.1. The molecule has 5 heteroatoms. The van der Waals surface area contributed by atoms with Gasteiger partial charge in [-0.05, 0) is 32.7 Å². The molecule has 0 saturated carbocycles. The van der Waals surface area contributed by atoms with Crippen LogP contribution >= 0.6 is 11.3 Å². The molecular formula is C10H16N2O2S. The van der Waals surface area contributed by atoms with E-state index in [9.17, 15) is 4.79 Å². The second-order valence-electron chi connectivity index (χ2n) is 3.09. The smallest absolute Gasteiger partial charge is 0.357 e. The number of aryl methyl sites for hydroxylation is 1. The van der Waals surface area contributed by atoms with E-state index < -0.39 is 0 Å². The maximum atomic E-state index is 11.3. The molecule has 0 fully saturated rings. The molecule has 1 rings (SSSR count). The quantitative estimate of drug-likeness (QED) is 0.593. The lowest BCUT2D eigenvalue weighted by Gasteiger charge is -1.96. The van der Waals surface area contributed by atoms with Crippen molar-refractivity contribution in [2.75, 3.05) is 13.2 Å². The summed E-state index contributed by atoms with van der Waals surface area (Å²) >= 11 is 1.50. The van der Waals surface area contributed by atoms with Gasteiger partial charge in [-0.3, -0.25) is 0 Å². The van der Waals surface area contributed by atoms with Crippen molar-refractivity contribution in [1.29, 1.82) is 0 Å². The van der Waals surface area contributed by atoms with Crippen LogP contribution in [0.4, 0.5) is 0 Å². The van der Waals surface area contributed by atoms with Crippen LogP contribution in [0.15, 0.2) is 5.38 Å². The summed E-state index contributed by atoms with van der Waals surface area (Å²) in [5, 5.41) is 2.72. The topological polar surface area (TPSA) is 65.2 Å². The van der Waals surface area contributed by atoms with E-state index >= 15 is 0 Å². The van der Waals surface area contributed by atoms with Crippen LogP contribution in [0.3, 0.4) is 0 Å². The van der Waals surface area contributed by atoms with Crippen LogP contribution in [-0.4, -0.2) is 24.1 Å². The highest BCUT2D eigenvalue weighted by Crippen LogP contribution is 2.13. The van der Waals surface area contributed by atoms with Gasteiger partial charge in [0, 0.05) is 5.38 Å². The number of nitrogens with zero attached hydrogens (tertiary/aromatic N) is 1. The Morgan fingerprint density at radius 3 is 3.07 bits per heavy atom. The van der Waals surface area contributed by atoms with Crippen LogP contribution in [0.2, 0.25) is 0 Å². The van der Waals surface area contributed by atoms with Crippen molar-refractivity contribution in [3.63, 3.8) is 0 Å². The number of rotatable bonds is 6. The van der Waals surface area contributed by atoms with Gasteiger partial charge >= 0.3 is 5.97 Å². The van der Waals surface area contributed by atoms with Gasteiger partial charge in [-0.1, -0.05) is 0 Å². The van der Waals surface area contributed by atoms with E-state index in [0.29, 0.717) is 18.8 Å². The van der Waals surface area contributed by atoms with E-state index in [4.69, 9.17) is 10.5 Å². The molecule has 0 bridgehead atoms. The highest BCUT2D eigenvalue weighted by Gasteiger charge is 2.10. The Hall–Kier alpha value is -0.940. The Morgan fingerprint density at radius 1 is 1.60 bits per heavy atom. The number of hydrogen-bond donors (Lipinski definition) is 1. The molecule has 0 radical (unpaired) electrons. The summed E-state index contributed by atoms with van der Waals surface area (Å²) < 4.78 is 4.85. The van der Waals surface area contributed by atoms with Gasteiger partial charge in [0.25, 0.3) is 0 Å². The van der Waals surface area contributed by atoms with Gasteiger partial charge in [0.2, 0.25) is 0 Å². The largest absolute Gasteiger partial charge is 0.461 e. The third-order valence-corrected chi connectivity index (χ3v) is 2.79. The molecule has 2 N–H and O–H groups in total. The Morgan fingerprint density at radius 2 is 2.40 bits per heavy atom. The monoisotopic (exact) mass is 228 g/mol. The van der Waals surface area contributed by atoms with Crippen LogP contribution in [-0.2, 0) is 11.2 Å². The van der Waals surface area contributed by atoms with Gasteiger partial charge in [0.15, 0.2) is 5.69 Å². The standard InChI is InChI=1S/C10H16N2O2S/c1-2-14-10(13)8-7-15-9(12-8)5-3-4-6-11/h7H,2-6,11H2,1H3. The highest BCUT2D eigenvalue weighted by atomic mass is 32.1. The molecule has 0 aliphatic rings. The Kier molecular flexibility index (Phi) is 5.28. The molecule has 0 amide bonds. The summed E-state index contributed by atoms with van der Waals surface area (Å²) in [6, 6.07) is 0. The van der Waals surface area contributed by atoms with Crippen molar-refractivity contribution in [1.82, 2.24) is 4.98 Å². The van der Waals surface area contributed by atoms with Crippen LogP contribution in [0.25, 0.3) is 0 Å². The minimum absolute atomic E-state index is 0.334. The number of aromatic nitrogens is 1. The maximum absolute atomic E-state index is 11.3. The van der Waals surface area contributed by atoms with Gasteiger partial charge in [-0.25, -0.2) is 9.78 Å². The fraction of sp³-hybridized carbons (Fsp3) is 0.600. The Balaban J connectivity index is 2.45. The van der Waals surface area contributed by atoms with Gasteiger partial charge in [0.05, 0.1) is 11.6 Å². The summed E-state index contributed by atoms with van der Waals surface area (Å²) in [4.78, 5) is 15.5. The van der Waals surface area contributed by atoms with Gasteiger partial charge in [-0.15, -0.1) is 11.3 Å². The molecule has 0 saturated heterocycles. The van der Waals surface area contributed by atoms with E-state index in [1.807, 2.05) is 0 Å². The number of carbonyl (C=O) groups excluding carboxylic acids is 1. The molecule has 0 aliphatic heterocycles. The lowest BCUT2D eigenvalue weighted by atomic mass is 10.2. The first-order valence-corrected chi connectivity index (χ1v) is 5.97. The average Bonchev–Trinajstić information content (AvgIpc) is 2.67. The van der Waals surface area contributed by atoms with Crippen LogP contribution < -0.4 is 5.73 Å². The molecule has 0 aromatic carbocycles. The number of esters is 1. The zero-order valence-electron chi connectivity index (χ0n) is 8.86. The van der Waals surface area contributed by atoms with E-state index in [1.54, 1.807) is 12.3 Å². The summed E-state index contributed by atoms with van der Waals surface area (Å²) in [5.41, 5.74) is 5.82. The predicted octanol–water partition coefficient (Wildman–Crippen LogP) is 1.60. The van der Waals surface area contributed by atoms with Crippen LogP contribution in [0.1, 0.15) is 35.3 Å². The molecule has 0 atom stereocenters. The van der Waals surface area contributed by atoms with E-state index in [1.165, 1.54) is 11.3 Å². The molecule has 0 spiro atoms. The molecule has 1 aromatic rings. The summed E-state index contributed by atoms with van der Waals surface area (Å²) in [6.07, 6.45) is 2.90. The third kappa shape index (κ3) is 3.97. The molecule has 0 aliphatic carbocycles. The van der Waals surface area contributed by atoms with Gasteiger partial charge in [0.1, 0.15) is 0 Å². The van der Waals surface area contributed by atoms with Gasteiger partial charge < -0.3 is 10.5 Å². The predicted molar refractivity (Wildman–Crippen MR) is 60.1 cm³/mol. The van der Waals surface area contributed by atoms with Crippen molar-refractivity contribution in [2.45, 2.75) is 26.2 Å². The number of unbranched alkanes of at least 4 members (excludes halogenated alkanes) is 1. The first-order chi connectivity index (χ1) is 7.27. The Labute approximate surface area is 93.5 Å². The maximum Gasteiger partial charge on any atom is 0.357 e. The fourth-order valence-electron chi connectivity index (χ4n) is 1.15. The lowest BCUT2D eigenvalue weighted by molar-refractivity contribution is 0.0520. The van der Waals surface area contributed by atoms with Crippen LogP contribution in [0, 0.1) is 0 Å². The Bertz CT molecular complexity index is 312. The number of nitrogens with two attached hydrogens (primary N) is 1.